The number of aliphatic hydroxyl groups is 4. The van der Waals surface area contributed by atoms with E-state index in [1.165, 1.54) is 0 Å². The average Bonchev–Trinajstić information content (AvgIpc) is 0.970. The van der Waals surface area contributed by atoms with Crippen LogP contribution in [0.5, 0.6) is 109 Å². The van der Waals surface area contributed by atoms with E-state index in [1.54, 1.807) is 0 Å². The van der Waals surface area contributed by atoms with Crippen LogP contribution >= 0.6 is 0 Å². The molecule has 21 N–H and O–H groups in total. The molecule has 4 aliphatic rings. The Morgan fingerprint density at radius 1 is 0.411 bits per heavy atom. The highest BCUT2D eigenvalue weighted by atomic mass is 16.7. The van der Waals surface area contributed by atoms with Gasteiger partial charge in [-0.25, -0.2) is 28.8 Å². The lowest BCUT2D eigenvalue weighted by molar-refractivity contribution is -0.284. The molecule has 10 atom stereocenters. The Balaban J connectivity index is 1.04. The van der Waals surface area contributed by atoms with E-state index in [1.807, 2.05) is 0 Å². The Labute approximate surface area is 495 Å². The second-order valence-electron chi connectivity index (χ2n) is 19.7. The number of cyclic esters (lactones) is 1. The predicted octanol–water partition coefficient (Wildman–Crippen LogP) is -0.193. The number of aromatic hydroxyl groups is 17. The highest BCUT2D eigenvalue weighted by Gasteiger charge is 2.54. The maximum absolute atomic E-state index is 14.9. The number of hydrogen-bond donors (Lipinski definition) is 21. The molecule has 0 radical (unpaired) electrons. The van der Waals surface area contributed by atoms with Gasteiger partial charge in [-0.1, -0.05) is 0 Å². The van der Waals surface area contributed by atoms with Crippen molar-refractivity contribution in [1.82, 2.24) is 0 Å². The first-order chi connectivity index (χ1) is 42.4. The molecule has 0 unspecified atom stereocenters. The smallest absolute Gasteiger partial charge is 0.343 e. The number of phenolic OH excluding ortho intramolecular Hbond substituents is 17. The van der Waals surface area contributed by atoms with Crippen LogP contribution in [0.4, 0.5) is 0 Å². The minimum atomic E-state index is -2.56. The van der Waals surface area contributed by atoms with Gasteiger partial charge >= 0.3 is 35.8 Å². The summed E-state index contributed by atoms with van der Waals surface area (Å²) in [6.07, 6.45) is -23.7. The molecule has 0 amide bonds. The Bertz CT molecular complexity index is 4060. The fourth-order valence-corrected chi connectivity index (χ4v) is 9.84. The van der Waals surface area contributed by atoms with Crippen molar-refractivity contribution in [2.24, 2.45) is 0 Å². The summed E-state index contributed by atoms with van der Waals surface area (Å²) in [5, 5.41) is 227. The second kappa shape index (κ2) is 22.5. The van der Waals surface area contributed by atoms with E-state index < -0.39 is 275 Å². The van der Waals surface area contributed by atoms with Gasteiger partial charge in [0.05, 0.1) is 40.0 Å². The summed E-state index contributed by atoms with van der Waals surface area (Å²) in [5.74, 6) is -37.8. The van der Waals surface area contributed by atoms with Crippen LogP contribution < -0.4 is 4.74 Å². The maximum Gasteiger partial charge on any atom is 0.343 e. The van der Waals surface area contributed by atoms with Gasteiger partial charge in [0.1, 0.15) is 42.7 Å². The van der Waals surface area contributed by atoms with Gasteiger partial charge in [-0.2, -0.15) is 0 Å². The first kappa shape index (κ1) is 61.4. The quantitative estimate of drug-likeness (QED) is 0.0559. The molecule has 36 heteroatoms. The standard InChI is InChI=1S/C54H42O36/c55-8-22-34(67)45-46(88-51(80)14-7-20(61)32(65)36(69)25(14)24-13(50(79)87-45)6-19(60)31(64)35(24)68)54(84-22)90-48(77)11-3-17(58)30(63)21(4-11)83-44-28-27(38(71)39(72)40(44)73)26-12(5-18(59)33(66)37(26)70)49(78)82-9-23-43(86-52(28)81)41(74)42(75)53(85-23)89-47(76)10-1-15(56)29(62)16(57)2-10/h1-7,22-23,34,41-43,45-46,53-75H,8-9H2/t22-,23-,34-,41-,42-,43-,45+,46-,53-,54+/m1/s1. The molecule has 4 heterocycles. The number of rotatable bonds is 7. The molecule has 0 saturated carbocycles. The molecule has 2 saturated heterocycles. The Morgan fingerprint density at radius 3 is 1.37 bits per heavy atom. The van der Waals surface area contributed by atoms with E-state index in [0.717, 1.165) is 0 Å². The van der Waals surface area contributed by atoms with Crippen LogP contribution in [-0.2, 0) is 37.9 Å². The third-order valence-corrected chi connectivity index (χ3v) is 14.3. The summed E-state index contributed by atoms with van der Waals surface area (Å²) >= 11 is 0. The number of hydrogen-bond acceptors (Lipinski definition) is 36. The molecular formula is C54H42O36. The van der Waals surface area contributed by atoms with E-state index >= 15 is 0 Å². The first-order valence-electron chi connectivity index (χ1n) is 25.2. The van der Waals surface area contributed by atoms with E-state index in [0.29, 0.717) is 42.5 Å². The van der Waals surface area contributed by atoms with Gasteiger partial charge in [-0.3, -0.25) is 0 Å². The van der Waals surface area contributed by atoms with Crippen LogP contribution in [0.2, 0.25) is 0 Å². The topological polar surface area (TPSA) is 610 Å². The second-order valence-corrected chi connectivity index (χ2v) is 19.7. The number of carbonyl (C=O) groups excluding carboxylic acids is 6. The predicted molar refractivity (Wildman–Crippen MR) is 276 cm³/mol. The molecule has 6 aromatic rings. The molecule has 0 aromatic heterocycles. The van der Waals surface area contributed by atoms with Crippen molar-refractivity contribution in [3.63, 3.8) is 0 Å². The van der Waals surface area contributed by atoms with E-state index in [4.69, 9.17) is 42.6 Å². The molecule has 0 bridgehead atoms. The number of phenols is 17. The Hall–Kier alpha value is -11.7. The monoisotopic (exact) mass is 1270 g/mol. The zero-order valence-electron chi connectivity index (χ0n) is 44.2. The molecule has 36 nitrogen and oxygen atoms in total. The lowest BCUT2D eigenvalue weighted by atomic mass is 9.91. The minimum absolute atomic E-state index is 0.350. The van der Waals surface area contributed by atoms with Crippen molar-refractivity contribution in [3.8, 4) is 131 Å². The van der Waals surface area contributed by atoms with Crippen LogP contribution in [0.3, 0.4) is 0 Å². The van der Waals surface area contributed by atoms with Gasteiger partial charge in [-0.15, -0.1) is 0 Å². The van der Waals surface area contributed by atoms with Crippen LogP contribution in [0, 0.1) is 0 Å². The van der Waals surface area contributed by atoms with Gasteiger partial charge in [-0.05, 0) is 42.5 Å². The highest BCUT2D eigenvalue weighted by Crippen LogP contribution is 2.59. The van der Waals surface area contributed by atoms with E-state index in [9.17, 15) is 136 Å². The summed E-state index contributed by atoms with van der Waals surface area (Å²) in [4.78, 5) is 84.5. The van der Waals surface area contributed by atoms with Crippen molar-refractivity contribution in [2.75, 3.05) is 13.2 Å². The third kappa shape index (κ3) is 10.1. The van der Waals surface area contributed by atoms with Crippen molar-refractivity contribution >= 4 is 35.8 Å². The van der Waals surface area contributed by atoms with Gasteiger partial charge < -0.3 is 150 Å². The molecule has 2 fully saturated rings. The molecule has 0 aliphatic carbocycles. The number of aliphatic hydroxyl groups excluding tert-OH is 4. The summed E-state index contributed by atoms with van der Waals surface area (Å²) in [6.45, 7) is -2.49. The van der Waals surface area contributed by atoms with Gasteiger partial charge in [0.15, 0.2) is 87.0 Å². The molecule has 0 spiro atoms. The number of ether oxygens (including phenoxy) is 9. The lowest BCUT2D eigenvalue weighted by Crippen LogP contribution is -2.62. The average molecular weight is 1270 g/mol. The number of fused-ring (bicyclic) bond motifs is 8. The lowest BCUT2D eigenvalue weighted by Gasteiger charge is -2.42. The Kier molecular flexibility index (Phi) is 15.4. The van der Waals surface area contributed by atoms with Crippen molar-refractivity contribution < 1.29 is 179 Å². The Morgan fingerprint density at radius 2 is 0.844 bits per heavy atom. The summed E-state index contributed by atoms with van der Waals surface area (Å²) < 4.78 is 48.9. The van der Waals surface area contributed by atoms with Gasteiger partial charge in [0.2, 0.25) is 53.2 Å². The van der Waals surface area contributed by atoms with Gasteiger partial charge in [0.25, 0.3) is 0 Å². The van der Waals surface area contributed by atoms with Crippen molar-refractivity contribution in [3.05, 3.63) is 75.8 Å². The zero-order chi connectivity index (χ0) is 65.7. The van der Waals surface area contributed by atoms with Gasteiger partial charge in [0, 0.05) is 16.7 Å². The molecule has 10 rings (SSSR count). The van der Waals surface area contributed by atoms with Crippen molar-refractivity contribution in [1.29, 1.82) is 0 Å². The number of benzene rings is 6. The van der Waals surface area contributed by atoms with Crippen LogP contribution in [0.25, 0.3) is 22.3 Å². The highest BCUT2D eigenvalue weighted by molar-refractivity contribution is 6.11. The molecule has 4 aliphatic heterocycles. The fourth-order valence-electron chi connectivity index (χ4n) is 9.84. The number of esters is 6. The minimum Gasteiger partial charge on any atom is -0.504 e. The van der Waals surface area contributed by atoms with Crippen LogP contribution in [0.1, 0.15) is 62.1 Å². The fraction of sp³-hybridized carbons (Fsp3) is 0.222. The molecular weight excluding hydrogens is 1220 g/mol. The van der Waals surface area contributed by atoms with E-state index in [2.05, 4.69) is 0 Å². The van der Waals surface area contributed by atoms with Crippen molar-refractivity contribution in [2.45, 2.75) is 61.4 Å². The summed E-state index contributed by atoms with van der Waals surface area (Å²) in [5.41, 5.74) is -11.5. The van der Waals surface area contributed by atoms with Crippen LogP contribution in [0.15, 0.2) is 42.5 Å². The largest absolute Gasteiger partial charge is 0.504 e. The van der Waals surface area contributed by atoms with E-state index in [-0.39, 0.29) is 0 Å². The third-order valence-electron chi connectivity index (χ3n) is 14.3. The maximum atomic E-state index is 14.9. The molecule has 474 valence electrons. The summed E-state index contributed by atoms with van der Waals surface area (Å²) in [7, 11) is 0. The first-order valence-corrected chi connectivity index (χ1v) is 25.2. The SMILES string of the molecule is O=C(O[C@H]1O[C@@H]2COC(=O)c3cc(O)c(O)c(O)c3-c3c(O)c(O)c(O)c(Oc4cc(C(=O)O[C@@H]5O[C@H](CO)[C@@H](O)[C@@H]6OC(=O)c7cc(O)c(O)c(O)c7-c7c(cc(O)c(O)c7O)C(=O)O[C@@H]56)cc(O)c4O)c3C(=O)O[C@H]2[C@H](O)[C@H]1O)c1cc(O)c(O)c(O)c1. The van der Waals surface area contributed by atoms with Crippen LogP contribution in [-0.4, -0.2) is 218 Å². The number of carbonyl (C=O) groups is 6. The summed E-state index contributed by atoms with van der Waals surface area (Å²) in [6, 6.07) is 3.11. The normalized spacial score (nSPS) is 23.0. The molecule has 90 heavy (non-hydrogen) atoms. The zero-order valence-corrected chi connectivity index (χ0v) is 44.2. The molecule has 6 aromatic carbocycles.